The summed E-state index contributed by atoms with van der Waals surface area (Å²) < 4.78 is 13.1. The van der Waals surface area contributed by atoms with Crippen LogP contribution in [0.25, 0.3) is 0 Å². The average Bonchev–Trinajstić information content (AvgIpc) is 2.34. The van der Waals surface area contributed by atoms with E-state index >= 15 is 0 Å². The topological polar surface area (TPSA) is 35.5 Å². The van der Waals surface area contributed by atoms with Crippen LogP contribution in [0.4, 0.5) is 4.39 Å². The van der Waals surface area contributed by atoms with Crippen molar-refractivity contribution in [3.63, 3.8) is 0 Å². The van der Waals surface area contributed by atoms with E-state index in [4.69, 9.17) is 0 Å². The molecule has 2 rings (SSSR count). The summed E-state index contributed by atoms with van der Waals surface area (Å²) in [5.74, 6) is 0.184. The van der Waals surface area contributed by atoms with Gasteiger partial charge in [0.2, 0.25) is 0 Å². The van der Waals surface area contributed by atoms with Gasteiger partial charge in [0.15, 0.2) is 0 Å². The number of alkyl halides is 1. The predicted octanol–water partition coefficient (Wildman–Crippen LogP) is 1.73. The van der Waals surface area contributed by atoms with Gasteiger partial charge in [0.25, 0.3) is 0 Å². The molecule has 1 fully saturated rings. The molecule has 5 heteroatoms. The Balaban J connectivity index is 0.00000144. The zero-order valence-electron chi connectivity index (χ0n) is 9.60. The van der Waals surface area contributed by atoms with E-state index in [9.17, 15) is 9.50 Å². The SMILES string of the molecule is Cl.Oc1ccccc1[C@@H](CF)N1CCNCC1. The van der Waals surface area contributed by atoms with Crippen LogP contribution < -0.4 is 5.32 Å². The number of nitrogens with zero attached hydrogens (tertiary/aromatic N) is 1. The van der Waals surface area contributed by atoms with Gasteiger partial charge in [-0.05, 0) is 6.07 Å². The van der Waals surface area contributed by atoms with Crippen LogP contribution in [0.15, 0.2) is 24.3 Å². The summed E-state index contributed by atoms with van der Waals surface area (Å²) >= 11 is 0. The lowest BCUT2D eigenvalue weighted by atomic mass is 10.0. The quantitative estimate of drug-likeness (QED) is 0.869. The van der Waals surface area contributed by atoms with E-state index in [-0.39, 0.29) is 24.2 Å². The Morgan fingerprint density at radius 3 is 2.53 bits per heavy atom. The molecule has 3 nitrogen and oxygen atoms in total. The van der Waals surface area contributed by atoms with Crippen molar-refractivity contribution >= 4 is 12.4 Å². The number of halogens is 2. The molecule has 0 bridgehead atoms. The second kappa shape index (κ2) is 6.79. The maximum absolute atomic E-state index is 13.1. The lowest BCUT2D eigenvalue weighted by Gasteiger charge is -2.33. The minimum Gasteiger partial charge on any atom is -0.508 e. The lowest BCUT2D eigenvalue weighted by molar-refractivity contribution is 0.145. The lowest BCUT2D eigenvalue weighted by Crippen LogP contribution is -2.45. The zero-order valence-corrected chi connectivity index (χ0v) is 10.4. The fourth-order valence-corrected chi connectivity index (χ4v) is 2.14. The van der Waals surface area contributed by atoms with E-state index in [1.807, 2.05) is 6.07 Å². The highest BCUT2D eigenvalue weighted by Gasteiger charge is 2.23. The maximum Gasteiger partial charge on any atom is 0.120 e. The molecular formula is C12H18ClFN2O. The largest absolute Gasteiger partial charge is 0.508 e. The van der Waals surface area contributed by atoms with Crippen LogP contribution in [-0.4, -0.2) is 42.9 Å². The van der Waals surface area contributed by atoms with E-state index in [1.165, 1.54) is 0 Å². The first-order valence-corrected chi connectivity index (χ1v) is 5.61. The van der Waals surface area contributed by atoms with Gasteiger partial charge in [0.1, 0.15) is 12.4 Å². The van der Waals surface area contributed by atoms with E-state index in [0.29, 0.717) is 5.56 Å². The van der Waals surface area contributed by atoms with Crippen LogP contribution in [0.5, 0.6) is 5.75 Å². The molecule has 0 aromatic heterocycles. The first-order valence-electron chi connectivity index (χ1n) is 5.61. The van der Waals surface area contributed by atoms with Crippen molar-refractivity contribution in [1.29, 1.82) is 0 Å². The molecule has 0 amide bonds. The Morgan fingerprint density at radius 1 is 1.29 bits per heavy atom. The molecule has 0 aliphatic carbocycles. The molecule has 1 heterocycles. The first kappa shape index (κ1) is 14.2. The molecular weight excluding hydrogens is 243 g/mol. The van der Waals surface area contributed by atoms with Gasteiger partial charge >= 0.3 is 0 Å². The number of hydrogen-bond donors (Lipinski definition) is 2. The number of phenolic OH excluding ortho intramolecular Hbond substituents is 1. The van der Waals surface area contributed by atoms with Gasteiger partial charge in [-0.25, -0.2) is 4.39 Å². The molecule has 2 N–H and O–H groups in total. The molecule has 96 valence electrons. The number of hydrogen-bond acceptors (Lipinski definition) is 3. The molecule has 1 aliphatic rings. The third-order valence-electron chi connectivity index (χ3n) is 3.03. The minimum absolute atomic E-state index is 0. The fraction of sp³-hybridized carbons (Fsp3) is 0.500. The monoisotopic (exact) mass is 260 g/mol. The van der Waals surface area contributed by atoms with Gasteiger partial charge in [-0.1, -0.05) is 18.2 Å². The maximum atomic E-state index is 13.1. The van der Waals surface area contributed by atoms with Gasteiger partial charge in [0.05, 0.1) is 6.04 Å². The molecule has 1 aliphatic heterocycles. The molecule has 1 saturated heterocycles. The van der Waals surface area contributed by atoms with Gasteiger partial charge in [0, 0.05) is 31.7 Å². The summed E-state index contributed by atoms with van der Waals surface area (Å²) in [4.78, 5) is 2.07. The molecule has 0 radical (unpaired) electrons. The summed E-state index contributed by atoms with van der Waals surface area (Å²) in [5.41, 5.74) is 0.687. The second-order valence-corrected chi connectivity index (χ2v) is 4.01. The fourth-order valence-electron chi connectivity index (χ4n) is 2.14. The summed E-state index contributed by atoms with van der Waals surface area (Å²) in [6.45, 7) is 2.94. The van der Waals surface area contributed by atoms with Crippen LogP contribution >= 0.6 is 12.4 Å². The number of nitrogens with one attached hydrogen (secondary N) is 1. The Kier molecular flexibility index (Phi) is 5.68. The smallest absolute Gasteiger partial charge is 0.120 e. The van der Waals surface area contributed by atoms with E-state index in [0.717, 1.165) is 26.2 Å². The van der Waals surface area contributed by atoms with Crippen molar-refractivity contribution in [3.05, 3.63) is 29.8 Å². The molecule has 1 aromatic carbocycles. The Bertz CT molecular complexity index is 345. The van der Waals surface area contributed by atoms with Crippen LogP contribution in [0.3, 0.4) is 0 Å². The van der Waals surface area contributed by atoms with Crippen LogP contribution in [0.1, 0.15) is 11.6 Å². The number of benzene rings is 1. The van der Waals surface area contributed by atoms with Gasteiger partial charge in [-0.3, -0.25) is 4.90 Å². The Morgan fingerprint density at radius 2 is 1.94 bits per heavy atom. The van der Waals surface area contributed by atoms with Crippen molar-refractivity contribution in [2.45, 2.75) is 6.04 Å². The van der Waals surface area contributed by atoms with Crippen molar-refractivity contribution in [3.8, 4) is 5.75 Å². The predicted molar refractivity (Wildman–Crippen MR) is 68.5 cm³/mol. The highest BCUT2D eigenvalue weighted by atomic mass is 35.5. The highest BCUT2D eigenvalue weighted by Crippen LogP contribution is 2.28. The normalized spacial score (nSPS) is 18.4. The Hall–Kier alpha value is -0.840. The van der Waals surface area contributed by atoms with Crippen molar-refractivity contribution in [2.24, 2.45) is 0 Å². The minimum atomic E-state index is -0.461. The number of para-hydroxylation sites is 1. The van der Waals surface area contributed by atoms with Crippen LogP contribution in [0, 0.1) is 0 Å². The van der Waals surface area contributed by atoms with Crippen molar-refractivity contribution in [2.75, 3.05) is 32.9 Å². The molecule has 0 saturated carbocycles. The van der Waals surface area contributed by atoms with Gasteiger partial charge in [-0.2, -0.15) is 0 Å². The van der Waals surface area contributed by atoms with Gasteiger partial charge < -0.3 is 10.4 Å². The van der Waals surface area contributed by atoms with Crippen LogP contribution in [0.2, 0.25) is 0 Å². The standard InChI is InChI=1S/C12H17FN2O.ClH/c13-9-11(15-7-5-14-6-8-15)10-3-1-2-4-12(10)16;/h1-4,11,14,16H,5-9H2;1H/t11-;/m1./s1. The zero-order chi connectivity index (χ0) is 11.4. The van der Waals surface area contributed by atoms with E-state index < -0.39 is 6.67 Å². The van der Waals surface area contributed by atoms with Crippen LogP contribution in [-0.2, 0) is 0 Å². The van der Waals surface area contributed by atoms with E-state index in [1.54, 1.807) is 18.2 Å². The summed E-state index contributed by atoms with van der Waals surface area (Å²) in [7, 11) is 0. The highest BCUT2D eigenvalue weighted by molar-refractivity contribution is 5.85. The first-order chi connectivity index (χ1) is 7.83. The number of aromatic hydroxyl groups is 1. The van der Waals surface area contributed by atoms with E-state index in [2.05, 4.69) is 10.2 Å². The number of phenols is 1. The summed E-state index contributed by atoms with van der Waals surface area (Å²) in [6.07, 6.45) is 0. The molecule has 0 spiro atoms. The molecule has 17 heavy (non-hydrogen) atoms. The van der Waals surface area contributed by atoms with Gasteiger partial charge in [-0.15, -0.1) is 12.4 Å². The number of piperazine rings is 1. The van der Waals surface area contributed by atoms with Crippen molar-refractivity contribution in [1.82, 2.24) is 10.2 Å². The third-order valence-corrected chi connectivity index (χ3v) is 3.03. The number of rotatable bonds is 3. The third kappa shape index (κ3) is 3.31. The molecule has 1 aromatic rings. The summed E-state index contributed by atoms with van der Waals surface area (Å²) in [5, 5.41) is 13.0. The Labute approximate surface area is 107 Å². The summed E-state index contributed by atoms with van der Waals surface area (Å²) in [6, 6.07) is 6.68. The second-order valence-electron chi connectivity index (χ2n) is 4.01. The molecule has 0 unspecified atom stereocenters. The van der Waals surface area contributed by atoms with Crippen molar-refractivity contribution < 1.29 is 9.50 Å². The molecule has 1 atom stereocenters. The average molecular weight is 261 g/mol.